The number of hydrogen-bond donors (Lipinski definition) is 1. The van der Waals surface area contributed by atoms with E-state index in [4.69, 9.17) is 10.7 Å². The first-order chi connectivity index (χ1) is 15.1. The van der Waals surface area contributed by atoms with Crippen molar-refractivity contribution >= 4 is 33.3 Å². The van der Waals surface area contributed by atoms with E-state index in [0.29, 0.717) is 11.7 Å². The smallest absolute Gasteiger partial charge is 0.225 e. The second-order valence-corrected chi connectivity index (χ2v) is 10.9. The van der Waals surface area contributed by atoms with Crippen LogP contribution in [0, 0.1) is 11.8 Å². The Morgan fingerprint density at radius 1 is 1.10 bits per heavy atom. The van der Waals surface area contributed by atoms with Gasteiger partial charge in [-0.05, 0) is 75.9 Å². The molecule has 31 heavy (non-hydrogen) atoms. The maximum Gasteiger partial charge on any atom is 0.225 e. The van der Waals surface area contributed by atoms with Gasteiger partial charge in [0.25, 0.3) is 0 Å². The van der Waals surface area contributed by atoms with Crippen molar-refractivity contribution in [2.24, 2.45) is 11.8 Å². The van der Waals surface area contributed by atoms with Crippen molar-refractivity contribution in [2.45, 2.75) is 64.7 Å². The van der Waals surface area contributed by atoms with Crippen LogP contribution in [0.1, 0.15) is 61.7 Å². The number of nitrogens with two attached hydrogens (primary N) is 1. The molecule has 2 aliphatic heterocycles. The third kappa shape index (κ3) is 4.44. The zero-order chi connectivity index (χ0) is 21.4. The number of likely N-dealkylation sites (tertiary alicyclic amines) is 2. The minimum Gasteiger partial charge on any atom is -0.383 e. The number of carbonyl (C=O) groups is 1. The molecule has 4 heterocycles. The lowest BCUT2D eigenvalue weighted by molar-refractivity contribution is -0.138. The van der Waals surface area contributed by atoms with Gasteiger partial charge >= 0.3 is 0 Å². The van der Waals surface area contributed by atoms with Gasteiger partial charge in [-0.1, -0.05) is 6.92 Å². The van der Waals surface area contributed by atoms with Crippen molar-refractivity contribution in [3.8, 4) is 0 Å². The van der Waals surface area contributed by atoms with E-state index < -0.39 is 0 Å². The molecule has 2 aromatic heterocycles. The molecule has 0 bridgehead atoms. The SMILES string of the molecule is CC1CCc2c(sc3nc(CCN4CCC(C(=O)N5CCCCC5)CC4)nc(N)c23)C1. The third-order valence-electron chi connectivity index (χ3n) is 7.49. The van der Waals surface area contributed by atoms with Crippen LogP contribution in [0.4, 0.5) is 5.82 Å². The van der Waals surface area contributed by atoms with E-state index >= 15 is 0 Å². The largest absolute Gasteiger partial charge is 0.383 e. The molecule has 1 aliphatic carbocycles. The van der Waals surface area contributed by atoms with Gasteiger partial charge in [0.15, 0.2) is 0 Å². The summed E-state index contributed by atoms with van der Waals surface area (Å²) in [5.41, 5.74) is 7.80. The van der Waals surface area contributed by atoms with E-state index in [9.17, 15) is 4.79 Å². The van der Waals surface area contributed by atoms with Gasteiger partial charge in [-0.25, -0.2) is 9.97 Å². The Labute approximate surface area is 189 Å². The van der Waals surface area contributed by atoms with Crippen LogP contribution in [-0.2, 0) is 24.1 Å². The summed E-state index contributed by atoms with van der Waals surface area (Å²) < 4.78 is 0. The van der Waals surface area contributed by atoms with Crippen LogP contribution in [0.5, 0.6) is 0 Å². The normalized spacial score (nSPS) is 23.3. The molecule has 0 spiro atoms. The molecule has 7 heteroatoms. The highest BCUT2D eigenvalue weighted by molar-refractivity contribution is 7.19. The van der Waals surface area contributed by atoms with Crippen LogP contribution in [0.25, 0.3) is 10.2 Å². The first kappa shape index (κ1) is 21.1. The summed E-state index contributed by atoms with van der Waals surface area (Å²) in [6, 6.07) is 0. The predicted molar refractivity (Wildman–Crippen MR) is 126 cm³/mol. The highest BCUT2D eigenvalue weighted by Crippen LogP contribution is 2.39. The molecule has 1 amide bonds. The number of rotatable bonds is 4. The molecule has 1 unspecified atom stereocenters. The monoisotopic (exact) mass is 441 g/mol. The summed E-state index contributed by atoms with van der Waals surface area (Å²) in [6.07, 6.45) is 9.88. The van der Waals surface area contributed by atoms with Crippen molar-refractivity contribution in [3.63, 3.8) is 0 Å². The topological polar surface area (TPSA) is 75.4 Å². The van der Waals surface area contributed by atoms with Gasteiger partial charge in [0, 0.05) is 36.9 Å². The average Bonchev–Trinajstić information content (AvgIpc) is 3.16. The number of nitrogen functional groups attached to an aromatic ring is 1. The number of nitrogens with zero attached hydrogens (tertiary/aromatic N) is 4. The zero-order valence-electron chi connectivity index (χ0n) is 18.7. The lowest BCUT2D eigenvalue weighted by Crippen LogP contribution is -2.44. The van der Waals surface area contributed by atoms with Gasteiger partial charge in [-0.2, -0.15) is 0 Å². The summed E-state index contributed by atoms with van der Waals surface area (Å²) >= 11 is 1.82. The molecular weight excluding hydrogens is 406 g/mol. The Kier molecular flexibility index (Phi) is 6.15. The standard InChI is InChI=1S/C24H35N5OS/c1-16-5-6-18-19(15-16)31-23-21(18)22(25)26-20(27-23)9-14-28-12-7-17(8-13-28)24(30)29-10-3-2-4-11-29/h16-17H,2-15H2,1H3,(H2,25,26,27). The van der Waals surface area contributed by atoms with Gasteiger partial charge in [0.1, 0.15) is 16.5 Å². The third-order valence-corrected chi connectivity index (χ3v) is 8.63. The lowest BCUT2D eigenvalue weighted by Gasteiger charge is -2.35. The van der Waals surface area contributed by atoms with E-state index in [2.05, 4.69) is 21.7 Å². The summed E-state index contributed by atoms with van der Waals surface area (Å²) in [5.74, 6) is 2.90. The number of fused-ring (bicyclic) bond motifs is 3. The number of thiophene rings is 1. The van der Waals surface area contributed by atoms with E-state index in [1.165, 1.54) is 36.1 Å². The maximum atomic E-state index is 12.8. The van der Waals surface area contributed by atoms with Crippen molar-refractivity contribution in [1.82, 2.24) is 19.8 Å². The first-order valence-electron chi connectivity index (χ1n) is 12.2. The second-order valence-electron chi connectivity index (χ2n) is 9.81. The van der Waals surface area contributed by atoms with Crippen molar-refractivity contribution < 1.29 is 4.79 Å². The molecular formula is C24H35N5OS. The van der Waals surface area contributed by atoms with Crippen molar-refractivity contribution in [2.75, 3.05) is 38.5 Å². The summed E-state index contributed by atoms with van der Waals surface area (Å²) in [7, 11) is 0. The molecule has 2 saturated heterocycles. The van der Waals surface area contributed by atoms with E-state index in [0.717, 1.165) is 86.8 Å². The average molecular weight is 442 g/mol. The van der Waals surface area contributed by atoms with E-state index in [1.54, 1.807) is 0 Å². The number of aromatic nitrogens is 2. The highest BCUT2D eigenvalue weighted by Gasteiger charge is 2.29. The van der Waals surface area contributed by atoms with Gasteiger partial charge in [-0.3, -0.25) is 4.79 Å². The van der Waals surface area contributed by atoms with Crippen molar-refractivity contribution in [3.05, 3.63) is 16.3 Å². The van der Waals surface area contributed by atoms with Crippen LogP contribution in [0.15, 0.2) is 0 Å². The zero-order valence-corrected chi connectivity index (χ0v) is 19.6. The minimum absolute atomic E-state index is 0.220. The fourth-order valence-electron chi connectivity index (χ4n) is 5.56. The van der Waals surface area contributed by atoms with Gasteiger partial charge in [0.05, 0.1) is 5.39 Å². The molecule has 5 rings (SSSR count). The Balaban J connectivity index is 1.18. The highest BCUT2D eigenvalue weighted by atomic mass is 32.1. The molecule has 2 fully saturated rings. The van der Waals surface area contributed by atoms with Crippen LogP contribution in [-0.4, -0.2) is 58.4 Å². The molecule has 2 aromatic rings. The predicted octanol–water partition coefficient (Wildman–Crippen LogP) is 3.67. The maximum absolute atomic E-state index is 12.8. The van der Waals surface area contributed by atoms with E-state index in [1.807, 2.05) is 11.3 Å². The number of piperidine rings is 2. The molecule has 0 saturated carbocycles. The second kappa shape index (κ2) is 9.02. The Morgan fingerprint density at radius 2 is 1.87 bits per heavy atom. The minimum atomic E-state index is 0.220. The van der Waals surface area contributed by atoms with Crippen LogP contribution in [0.2, 0.25) is 0 Å². The Hall–Kier alpha value is -1.73. The summed E-state index contributed by atoms with van der Waals surface area (Å²) in [5, 5.41) is 1.12. The van der Waals surface area contributed by atoms with Gasteiger partial charge in [0.2, 0.25) is 5.91 Å². The van der Waals surface area contributed by atoms with Crippen LogP contribution in [0.3, 0.4) is 0 Å². The molecule has 3 aliphatic rings. The Bertz CT molecular complexity index is 943. The molecule has 2 N–H and O–H groups in total. The number of amides is 1. The van der Waals surface area contributed by atoms with E-state index in [-0.39, 0.29) is 5.92 Å². The quantitative estimate of drug-likeness (QED) is 0.784. The van der Waals surface area contributed by atoms with Gasteiger partial charge in [-0.15, -0.1) is 11.3 Å². The molecule has 1 atom stereocenters. The first-order valence-corrected chi connectivity index (χ1v) is 13.0. The van der Waals surface area contributed by atoms with Crippen LogP contribution >= 0.6 is 11.3 Å². The Morgan fingerprint density at radius 3 is 2.65 bits per heavy atom. The number of aryl methyl sites for hydroxylation is 1. The molecule has 168 valence electrons. The van der Waals surface area contributed by atoms with Crippen molar-refractivity contribution in [1.29, 1.82) is 0 Å². The molecule has 0 radical (unpaired) electrons. The summed E-state index contributed by atoms with van der Waals surface area (Å²) in [4.78, 5) is 29.5. The number of carbonyl (C=O) groups excluding carboxylic acids is 1. The van der Waals surface area contributed by atoms with Crippen LogP contribution < -0.4 is 5.73 Å². The molecule has 6 nitrogen and oxygen atoms in total. The number of hydrogen-bond acceptors (Lipinski definition) is 6. The number of anilines is 1. The summed E-state index contributed by atoms with van der Waals surface area (Å²) in [6.45, 7) is 7.19. The van der Waals surface area contributed by atoms with Gasteiger partial charge < -0.3 is 15.5 Å². The lowest BCUT2D eigenvalue weighted by atomic mass is 9.89. The fraction of sp³-hybridized carbons (Fsp3) is 0.708. The fourth-order valence-corrected chi connectivity index (χ4v) is 6.97. The molecule has 0 aromatic carbocycles.